The Balaban J connectivity index is 2.06. The van der Waals surface area contributed by atoms with E-state index in [1.54, 1.807) is 6.08 Å². The van der Waals surface area contributed by atoms with Gasteiger partial charge in [-0.05, 0) is 24.3 Å². The van der Waals surface area contributed by atoms with E-state index >= 15 is 0 Å². The minimum absolute atomic E-state index is 0.504. The number of ether oxygens (including phenoxy) is 1. The molecular weight excluding hydrogens is 246 g/mol. The van der Waals surface area contributed by atoms with Crippen molar-refractivity contribution in [3.8, 4) is 18.1 Å². The molecule has 0 atom stereocenters. The SMILES string of the molecule is C#Cc1cccc(NCc2ccccc2OCC=C)c1. The van der Waals surface area contributed by atoms with Crippen LogP contribution in [0.15, 0.2) is 61.2 Å². The van der Waals surface area contributed by atoms with E-state index in [1.807, 2.05) is 48.5 Å². The standard InChI is InChI=1S/C18H17NO/c1-3-12-20-18-11-6-5-9-16(18)14-19-17-10-7-8-15(4-2)13-17/h2-3,5-11,13,19H,1,12,14H2. The van der Waals surface area contributed by atoms with Crippen LogP contribution >= 0.6 is 0 Å². The van der Waals surface area contributed by atoms with Gasteiger partial charge in [0, 0.05) is 23.4 Å². The molecule has 0 spiro atoms. The minimum Gasteiger partial charge on any atom is -0.489 e. The molecule has 0 aromatic heterocycles. The third kappa shape index (κ3) is 3.66. The fraction of sp³-hybridized carbons (Fsp3) is 0.111. The highest BCUT2D eigenvalue weighted by atomic mass is 16.5. The molecule has 0 radical (unpaired) electrons. The van der Waals surface area contributed by atoms with Crippen LogP contribution in [0.1, 0.15) is 11.1 Å². The number of terminal acetylenes is 1. The number of hydrogen-bond acceptors (Lipinski definition) is 2. The Labute approximate surface area is 120 Å². The van der Waals surface area contributed by atoms with Crippen LogP contribution < -0.4 is 10.1 Å². The maximum Gasteiger partial charge on any atom is 0.124 e. The van der Waals surface area contributed by atoms with Crippen LogP contribution in [-0.2, 0) is 6.54 Å². The molecule has 0 amide bonds. The van der Waals surface area contributed by atoms with E-state index < -0.39 is 0 Å². The Morgan fingerprint density at radius 2 is 2.05 bits per heavy atom. The molecule has 0 heterocycles. The second-order valence-corrected chi connectivity index (χ2v) is 4.29. The third-order valence-corrected chi connectivity index (χ3v) is 2.84. The van der Waals surface area contributed by atoms with Crippen LogP contribution in [0.3, 0.4) is 0 Å². The first-order valence-corrected chi connectivity index (χ1v) is 6.45. The number of para-hydroxylation sites is 1. The van der Waals surface area contributed by atoms with Gasteiger partial charge in [-0.2, -0.15) is 0 Å². The largest absolute Gasteiger partial charge is 0.489 e. The van der Waals surface area contributed by atoms with Gasteiger partial charge >= 0.3 is 0 Å². The first kappa shape index (κ1) is 13.8. The van der Waals surface area contributed by atoms with Crippen molar-refractivity contribution in [2.75, 3.05) is 11.9 Å². The summed E-state index contributed by atoms with van der Waals surface area (Å²) in [4.78, 5) is 0. The average molecular weight is 263 g/mol. The van der Waals surface area contributed by atoms with E-state index in [2.05, 4.69) is 17.8 Å². The molecule has 2 aromatic carbocycles. The van der Waals surface area contributed by atoms with Crippen molar-refractivity contribution < 1.29 is 4.74 Å². The van der Waals surface area contributed by atoms with Gasteiger partial charge < -0.3 is 10.1 Å². The molecule has 2 heteroatoms. The molecule has 20 heavy (non-hydrogen) atoms. The third-order valence-electron chi connectivity index (χ3n) is 2.84. The lowest BCUT2D eigenvalue weighted by atomic mass is 10.1. The molecule has 0 fully saturated rings. The number of hydrogen-bond donors (Lipinski definition) is 1. The van der Waals surface area contributed by atoms with Gasteiger partial charge in [0.1, 0.15) is 12.4 Å². The Bertz CT molecular complexity index is 625. The van der Waals surface area contributed by atoms with Gasteiger partial charge in [0.15, 0.2) is 0 Å². The van der Waals surface area contributed by atoms with Gasteiger partial charge in [-0.1, -0.05) is 42.8 Å². The molecule has 0 aliphatic heterocycles. The lowest BCUT2D eigenvalue weighted by Crippen LogP contribution is -2.03. The summed E-state index contributed by atoms with van der Waals surface area (Å²) in [5.41, 5.74) is 2.96. The smallest absolute Gasteiger partial charge is 0.124 e. The first-order chi connectivity index (χ1) is 9.83. The summed E-state index contributed by atoms with van der Waals surface area (Å²) in [7, 11) is 0. The predicted octanol–water partition coefficient (Wildman–Crippen LogP) is 3.84. The predicted molar refractivity (Wildman–Crippen MR) is 83.8 cm³/mol. The summed E-state index contributed by atoms with van der Waals surface area (Å²) >= 11 is 0. The van der Waals surface area contributed by atoms with Crippen molar-refractivity contribution in [3.63, 3.8) is 0 Å². The highest BCUT2D eigenvalue weighted by Crippen LogP contribution is 2.20. The van der Waals surface area contributed by atoms with Crippen LogP contribution in [0.5, 0.6) is 5.75 Å². The van der Waals surface area contributed by atoms with Gasteiger partial charge in [0.25, 0.3) is 0 Å². The monoisotopic (exact) mass is 263 g/mol. The van der Waals surface area contributed by atoms with Crippen molar-refractivity contribution in [1.82, 2.24) is 0 Å². The van der Waals surface area contributed by atoms with Crippen LogP contribution in [0.2, 0.25) is 0 Å². The molecule has 0 aliphatic carbocycles. The van der Waals surface area contributed by atoms with Gasteiger partial charge in [-0.25, -0.2) is 0 Å². The van der Waals surface area contributed by atoms with Crippen molar-refractivity contribution in [3.05, 3.63) is 72.3 Å². The molecule has 2 rings (SSSR count). The van der Waals surface area contributed by atoms with E-state index in [9.17, 15) is 0 Å². The zero-order valence-electron chi connectivity index (χ0n) is 11.3. The summed E-state index contributed by atoms with van der Waals surface area (Å²) in [6.07, 6.45) is 7.13. The lowest BCUT2D eigenvalue weighted by Gasteiger charge is -2.12. The summed E-state index contributed by atoms with van der Waals surface area (Å²) in [6, 6.07) is 15.7. The van der Waals surface area contributed by atoms with E-state index in [4.69, 9.17) is 11.2 Å². The van der Waals surface area contributed by atoms with E-state index in [0.717, 1.165) is 22.6 Å². The number of anilines is 1. The van der Waals surface area contributed by atoms with E-state index in [-0.39, 0.29) is 0 Å². The summed E-state index contributed by atoms with van der Waals surface area (Å²) in [5, 5.41) is 3.35. The number of nitrogens with one attached hydrogen (secondary N) is 1. The van der Waals surface area contributed by atoms with E-state index in [0.29, 0.717) is 13.2 Å². The molecule has 0 unspecified atom stereocenters. The quantitative estimate of drug-likeness (QED) is 0.631. The minimum atomic E-state index is 0.504. The highest BCUT2D eigenvalue weighted by molar-refractivity contribution is 5.51. The van der Waals surface area contributed by atoms with Gasteiger partial charge in [0.05, 0.1) is 0 Å². The summed E-state index contributed by atoms with van der Waals surface area (Å²) in [6.45, 7) is 4.84. The molecule has 0 saturated heterocycles. The number of rotatable bonds is 6. The van der Waals surface area contributed by atoms with Crippen molar-refractivity contribution in [1.29, 1.82) is 0 Å². The zero-order chi connectivity index (χ0) is 14.2. The first-order valence-electron chi connectivity index (χ1n) is 6.45. The van der Waals surface area contributed by atoms with Crippen molar-refractivity contribution in [2.45, 2.75) is 6.54 Å². The molecule has 0 bridgehead atoms. The molecule has 1 N–H and O–H groups in total. The summed E-state index contributed by atoms with van der Waals surface area (Å²) < 4.78 is 5.63. The number of benzene rings is 2. The second kappa shape index (κ2) is 7.06. The maximum absolute atomic E-state index is 5.63. The zero-order valence-corrected chi connectivity index (χ0v) is 11.3. The molecule has 0 saturated carbocycles. The van der Waals surface area contributed by atoms with Crippen molar-refractivity contribution in [2.24, 2.45) is 0 Å². The Morgan fingerprint density at radius 3 is 2.85 bits per heavy atom. The molecule has 2 nitrogen and oxygen atoms in total. The second-order valence-electron chi connectivity index (χ2n) is 4.29. The Morgan fingerprint density at radius 1 is 1.20 bits per heavy atom. The fourth-order valence-electron chi connectivity index (χ4n) is 1.86. The Hall–Kier alpha value is -2.66. The molecule has 100 valence electrons. The molecular formula is C18H17NO. The molecule has 2 aromatic rings. The van der Waals surface area contributed by atoms with Crippen LogP contribution in [0.4, 0.5) is 5.69 Å². The maximum atomic E-state index is 5.63. The van der Waals surface area contributed by atoms with Crippen molar-refractivity contribution >= 4 is 5.69 Å². The highest BCUT2D eigenvalue weighted by Gasteiger charge is 2.02. The Kier molecular flexibility index (Phi) is 4.86. The van der Waals surface area contributed by atoms with Gasteiger partial charge in [-0.3, -0.25) is 0 Å². The topological polar surface area (TPSA) is 21.3 Å². The fourth-order valence-corrected chi connectivity index (χ4v) is 1.86. The molecule has 0 aliphatic rings. The van der Waals surface area contributed by atoms with Crippen LogP contribution in [0, 0.1) is 12.3 Å². The normalized spacial score (nSPS) is 9.55. The average Bonchev–Trinajstić information content (AvgIpc) is 2.52. The van der Waals surface area contributed by atoms with Gasteiger partial charge in [-0.15, -0.1) is 6.42 Å². The summed E-state index contributed by atoms with van der Waals surface area (Å²) in [5.74, 6) is 3.50. The van der Waals surface area contributed by atoms with Crippen LogP contribution in [0.25, 0.3) is 0 Å². The lowest BCUT2D eigenvalue weighted by molar-refractivity contribution is 0.359. The van der Waals surface area contributed by atoms with Gasteiger partial charge in [0.2, 0.25) is 0 Å². The van der Waals surface area contributed by atoms with Crippen LogP contribution in [-0.4, -0.2) is 6.61 Å². The van der Waals surface area contributed by atoms with E-state index in [1.165, 1.54) is 0 Å².